The largest absolute Gasteiger partial charge is 0.302 e. The molecule has 0 unspecified atom stereocenters. The average molecular weight is 743 g/mol. The first-order valence-electron chi connectivity index (χ1n) is 18.6. The Labute approximate surface area is 330 Å². The van der Waals surface area contributed by atoms with Crippen molar-refractivity contribution in [1.82, 2.24) is 0 Å². The molecule has 0 radical (unpaired) electrons. The van der Waals surface area contributed by atoms with Gasteiger partial charge in [0.25, 0.3) is 0 Å². The number of thiophene rings is 2. The molecule has 0 spiro atoms. The van der Waals surface area contributed by atoms with E-state index in [1.807, 2.05) is 34.8 Å². The minimum Gasteiger partial charge on any atom is -0.302 e. The number of hydrogen-bond donors (Lipinski definition) is 0. The molecular weight excluding hydrogens is 705 g/mol. The maximum atomic E-state index is 4.00. The summed E-state index contributed by atoms with van der Waals surface area (Å²) in [6, 6.07) is 58.0. The van der Waals surface area contributed by atoms with E-state index in [1.54, 1.807) is 0 Å². The van der Waals surface area contributed by atoms with Gasteiger partial charge in [0.15, 0.2) is 0 Å². The van der Waals surface area contributed by atoms with E-state index in [1.165, 1.54) is 68.9 Å². The van der Waals surface area contributed by atoms with E-state index in [9.17, 15) is 0 Å². The zero-order chi connectivity index (χ0) is 37.3. The van der Waals surface area contributed by atoms with Crippen molar-refractivity contribution in [3.05, 3.63) is 193 Å². The van der Waals surface area contributed by atoms with Gasteiger partial charge in [-0.05, 0) is 116 Å². The highest BCUT2D eigenvalue weighted by molar-refractivity contribution is 7.24. The standard InChI is InChI=1S/C51H38N2S2/c1-5-33-18-22-38(23-19-33)52(40-26-27-45-43(32-40)42-15-9-10-16-44(42)51(45,3)4)49-30-36-28-48-37(29-47(36)54-49)31-50(55-48)53(39-24-20-34(6-2)21-25-39)46-17-11-13-35-12-7-8-14-41(35)46/h5-32H,1-2H2,3-4H3. The van der Waals surface area contributed by atoms with Crippen LogP contribution in [0, 0.1) is 0 Å². The molecule has 55 heavy (non-hydrogen) atoms. The van der Waals surface area contributed by atoms with E-state index in [-0.39, 0.29) is 5.41 Å². The third-order valence-electron chi connectivity index (χ3n) is 11.2. The molecule has 1 aliphatic carbocycles. The molecule has 264 valence electrons. The van der Waals surface area contributed by atoms with Crippen LogP contribution in [0.3, 0.4) is 0 Å². The van der Waals surface area contributed by atoms with Gasteiger partial charge in [-0.2, -0.15) is 0 Å². The predicted molar refractivity (Wildman–Crippen MR) is 242 cm³/mol. The fourth-order valence-corrected chi connectivity index (χ4v) is 10.6. The van der Waals surface area contributed by atoms with Crippen molar-refractivity contribution in [1.29, 1.82) is 0 Å². The van der Waals surface area contributed by atoms with Crippen molar-refractivity contribution in [3.63, 3.8) is 0 Å². The van der Waals surface area contributed by atoms with Crippen LogP contribution in [0.1, 0.15) is 36.1 Å². The van der Waals surface area contributed by atoms with Gasteiger partial charge in [0.1, 0.15) is 10.0 Å². The second kappa shape index (κ2) is 13.0. The summed E-state index contributed by atoms with van der Waals surface area (Å²) in [5, 5.41) is 7.30. The van der Waals surface area contributed by atoms with E-state index in [4.69, 9.17) is 0 Å². The Morgan fingerprint density at radius 3 is 1.69 bits per heavy atom. The molecule has 7 aromatic carbocycles. The molecule has 0 saturated heterocycles. The molecule has 2 heterocycles. The third-order valence-corrected chi connectivity index (χ3v) is 13.3. The summed E-state index contributed by atoms with van der Waals surface area (Å²) in [6.07, 6.45) is 3.80. The summed E-state index contributed by atoms with van der Waals surface area (Å²) in [5.74, 6) is 0. The molecule has 4 heteroatoms. The highest BCUT2D eigenvalue weighted by atomic mass is 32.1. The molecular formula is C51H38N2S2. The molecule has 0 fully saturated rings. The molecule has 0 aliphatic heterocycles. The average Bonchev–Trinajstić information content (AvgIpc) is 3.89. The summed E-state index contributed by atoms with van der Waals surface area (Å²) < 4.78 is 2.53. The van der Waals surface area contributed by atoms with Crippen LogP contribution >= 0.6 is 22.7 Å². The van der Waals surface area contributed by atoms with E-state index in [0.717, 1.165) is 28.2 Å². The van der Waals surface area contributed by atoms with Gasteiger partial charge >= 0.3 is 0 Å². The van der Waals surface area contributed by atoms with Crippen LogP contribution < -0.4 is 9.80 Å². The Morgan fingerprint density at radius 2 is 1.02 bits per heavy atom. The molecule has 0 atom stereocenters. The lowest BCUT2D eigenvalue weighted by molar-refractivity contribution is 0.660. The third kappa shape index (κ3) is 5.52. The Kier molecular flexibility index (Phi) is 7.88. The molecule has 9 aromatic rings. The summed E-state index contributed by atoms with van der Waals surface area (Å²) in [4.78, 5) is 4.82. The number of anilines is 6. The second-order valence-electron chi connectivity index (χ2n) is 14.8. The van der Waals surface area contributed by atoms with Gasteiger partial charge in [-0.25, -0.2) is 0 Å². The van der Waals surface area contributed by atoms with Gasteiger partial charge in [-0.15, -0.1) is 22.7 Å². The second-order valence-corrected chi connectivity index (χ2v) is 16.9. The van der Waals surface area contributed by atoms with Crippen molar-refractivity contribution in [2.75, 3.05) is 9.80 Å². The monoisotopic (exact) mass is 742 g/mol. The van der Waals surface area contributed by atoms with E-state index in [2.05, 4.69) is 195 Å². The Bertz CT molecular complexity index is 2890. The highest BCUT2D eigenvalue weighted by Gasteiger charge is 2.35. The first-order chi connectivity index (χ1) is 26.9. The zero-order valence-corrected chi connectivity index (χ0v) is 32.4. The first kappa shape index (κ1) is 33.4. The lowest BCUT2D eigenvalue weighted by Gasteiger charge is -2.26. The Hall–Kier alpha value is -6.20. The van der Waals surface area contributed by atoms with Gasteiger partial charge in [-0.1, -0.05) is 130 Å². The molecule has 2 nitrogen and oxygen atoms in total. The Morgan fingerprint density at radius 1 is 0.473 bits per heavy atom. The number of rotatable bonds is 8. The maximum Gasteiger partial charge on any atom is 0.101 e. The molecule has 0 saturated carbocycles. The van der Waals surface area contributed by atoms with Crippen LogP contribution in [0.15, 0.2) is 171 Å². The van der Waals surface area contributed by atoms with E-state index in [0.29, 0.717) is 0 Å². The van der Waals surface area contributed by atoms with Crippen molar-refractivity contribution in [2.24, 2.45) is 0 Å². The van der Waals surface area contributed by atoms with Crippen LogP contribution in [0.4, 0.5) is 32.8 Å². The lowest BCUT2D eigenvalue weighted by Crippen LogP contribution is -2.15. The van der Waals surface area contributed by atoms with Gasteiger partial charge < -0.3 is 9.80 Å². The topological polar surface area (TPSA) is 6.48 Å². The fraction of sp³-hybridized carbons (Fsp3) is 0.0588. The molecule has 10 rings (SSSR count). The van der Waals surface area contributed by atoms with Gasteiger partial charge in [0, 0.05) is 37.3 Å². The van der Waals surface area contributed by atoms with Crippen molar-refractivity contribution < 1.29 is 0 Å². The summed E-state index contributed by atoms with van der Waals surface area (Å²) in [6.45, 7) is 12.7. The van der Waals surface area contributed by atoms with Crippen molar-refractivity contribution in [3.8, 4) is 11.1 Å². The fourth-order valence-electron chi connectivity index (χ4n) is 8.32. The molecule has 0 N–H and O–H groups in total. The minimum atomic E-state index is -0.0403. The van der Waals surface area contributed by atoms with E-state index >= 15 is 0 Å². The summed E-state index contributed by atoms with van der Waals surface area (Å²) in [7, 11) is 0. The van der Waals surface area contributed by atoms with E-state index < -0.39 is 0 Å². The van der Waals surface area contributed by atoms with Gasteiger partial charge in [0.05, 0.1) is 5.69 Å². The lowest BCUT2D eigenvalue weighted by atomic mass is 9.82. The SMILES string of the molecule is C=Cc1ccc(N(c2ccc3c(c2)-c2ccccc2C3(C)C)c2cc3cc4sc(N(c5ccc(C=C)cc5)c5cccc6ccccc56)cc4cc3s2)cc1. The number of nitrogens with zero attached hydrogens (tertiary/aromatic N) is 2. The molecule has 0 bridgehead atoms. The van der Waals surface area contributed by atoms with Gasteiger partial charge in [0.2, 0.25) is 0 Å². The molecule has 0 amide bonds. The van der Waals surface area contributed by atoms with Crippen molar-refractivity contribution in [2.45, 2.75) is 19.3 Å². The maximum absolute atomic E-state index is 4.00. The molecule has 1 aliphatic rings. The number of benzene rings is 7. The van der Waals surface area contributed by atoms with Crippen LogP contribution in [0.25, 0.3) is 54.2 Å². The molecule has 2 aromatic heterocycles. The quantitative estimate of drug-likeness (QED) is 0.153. The van der Waals surface area contributed by atoms with Crippen LogP contribution in [0.2, 0.25) is 0 Å². The number of hydrogen-bond acceptors (Lipinski definition) is 4. The summed E-state index contributed by atoms with van der Waals surface area (Å²) >= 11 is 3.68. The summed E-state index contributed by atoms with van der Waals surface area (Å²) in [5.41, 5.74) is 12.1. The van der Waals surface area contributed by atoms with Crippen LogP contribution in [0.5, 0.6) is 0 Å². The Balaban J connectivity index is 1.10. The zero-order valence-electron chi connectivity index (χ0n) is 30.8. The van der Waals surface area contributed by atoms with Crippen LogP contribution in [-0.4, -0.2) is 0 Å². The highest BCUT2D eigenvalue weighted by Crippen LogP contribution is 2.52. The first-order valence-corrected chi connectivity index (χ1v) is 20.3. The minimum absolute atomic E-state index is 0.0403. The normalized spacial score (nSPS) is 12.8. The van der Waals surface area contributed by atoms with Crippen molar-refractivity contribution >= 4 is 98.5 Å². The van der Waals surface area contributed by atoms with Crippen LogP contribution in [-0.2, 0) is 5.41 Å². The predicted octanol–water partition coefficient (Wildman–Crippen LogP) is 15.8. The smallest absolute Gasteiger partial charge is 0.101 e. The van der Waals surface area contributed by atoms with Gasteiger partial charge in [-0.3, -0.25) is 0 Å². The number of fused-ring (bicyclic) bond motifs is 6.